The summed E-state index contributed by atoms with van der Waals surface area (Å²) in [7, 11) is -3.55. The van der Waals surface area contributed by atoms with Gasteiger partial charge in [0, 0.05) is 17.8 Å². The Morgan fingerprint density at radius 3 is 2.68 bits per heavy atom. The molecule has 1 heterocycles. The van der Waals surface area contributed by atoms with Crippen LogP contribution in [-0.2, 0) is 10.0 Å². The average Bonchev–Trinajstić information content (AvgIpc) is 2.70. The average molecular weight is 303 g/mol. The van der Waals surface area contributed by atoms with Gasteiger partial charge in [-0.1, -0.05) is 18.5 Å². The van der Waals surface area contributed by atoms with Crippen molar-refractivity contribution in [1.29, 1.82) is 0 Å². The summed E-state index contributed by atoms with van der Waals surface area (Å²) in [5.74, 6) is 0. The van der Waals surface area contributed by atoms with E-state index in [1.54, 1.807) is 10.4 Å². The summed E-state index contributed by atoms with van der Waals surface area (Å²) in [6.45, 7) is 3.95. The molecule has 1 aliphatic heterocycles. The van der Waals surface area contributed by atoms with Crippen LogP contribution in [0.25, 0.3) is 0 Å². The molecular weight excluding hydrogens is 284 g/mol. The number of rotatable bonds is 3. The maximum absolute atomic E-state index is 12.7. The Balaban J connectivity index is 2.47. The molecule has 2 atom stereocenters. The van der Waals surface area contributed by atoms with Crippen molar-refractivity contribution in [2.45, 2.75) is 50.1 Å². The first-order chi connectivity index (χ1) is 8.87. The van der Waals surface area contributed by atoms with Gasteiger partial charge in [-0.05, 0) is 44.4 Å². The van der Waals surface area contributed by atoms with Crippen molar-refractivity contribution in [1.82, 2.24) is 4.31 Å². The molecular formula is C13H19ClN2O2S. The van der Waals surface area contributed by atoms with Crippen molar-refractivity contribution >= 4 is 27.3 Å². The van der Waals surface area contributed by atoms with Crippen LogP contribution in [0.2, 0.25) is 5.02 Å². The Morgan fingerprint density at radius 1 is 1.42 bits per heavy atom. The van der Waals surface area contributed by atoms with E-state index in [0.717, 1.165) is 19.3 Å². The van der Waals surface area contributed by atoms with Crippen LogP contribution in [0.4, 0.5) is 5.69 Å². The van der Waals surface area contributed by atoms with Gasteiger partial charge in [-0.25, -0.2) is 8.42 Å². The third kappa shape index (κ3) is 2.59. The minimum atomic E-state index is -3.55. The molecule has 1 saturated heterocycles. The SMILES string of the molecule is CCC1CCC(C)N1S(=O)(=O)c1ccc(N)cc1Cl. The normalized spacial score (nSPS) is 24.8. The van der Waals surface area contributed by atoms with Gasteiger partial charge >= 0.3 is 0 Å². The van der Waals surface area contributed by atoms with Crippen LogP contribution in [0.5, 0.6) is 0 Å². The van der Waals surface area contributed by atoms with Crippen LogP contribution in [-0.4, -0.2) is 24.8 Å². The van der Waals surface area contributed by atoms with E-state index in [2.05, 4.69) is 0 Å². The quantitative estimate of drug-likeness (QED) is 0.873. The Labute approximate surface area is 119 Å². The topological polar surface area (TPSA) is 63.4 Å². The van der Waals surface area contributed by atoms with Gasteiger partial charge in [0.05, 0.1) is 5.02 Å². The van der Waals surface area contributed by atoms with Crippen molar-refractivity contribution < 1.29 is 8.42 Å². The van der Waals surface area contributed by atoms with E-state index in [1.165, 1.54) is 12.1 Å². The second kappa shape index (κ2) is 5.31. The molecule has 0 bridgehead atoms. The van der Waals surface area contributed by atoms with Gasteiger partial charge in [-0.15, -0.1) is 0 Å². The smallest absolute Gasteiger partial charge is 0.245 e. The standard InChI is InChI=1S/C13H19ClN2O2S/c1-3-11-6-4-9(2)16(11)19(17,18)13-7-5-10(15)8-12(13)14/h5,7-9,11H,3-4,6,15H2,1-2H3. The maximum atomic E-state index is 12.7. The second-order valence-electron chi connectivity index (χ2n) is 5.01. The van der Waals surface area contributed by atoms with Crippen LogP contribution in [0.15, 0.2) is 23.1 Å². The molecule has 2 N–H and O–H groups in total. The summed E-state index contributed by atoms with van der Waals surface area (Å²) >= 11 is 6.05. The first-order valence-corrected chi connectivity index (χ1v) is 8.28. The molecule has 2 rings (SSSR count). The number of anilines is 1. The minimum absolute atomic E-state index is 0.0172. The van der Waals surface area contributed by atoms with E-state index >= 15 is 0 Å². The van der Waals surface area contributed by atoms with E-state index in [9.17, 15) is 8.42 Å². The van der Waals surface area contributed by atoms with E-state index < -0.39 is 10.0 Å². The van der Waals surface area contributed by atoms with Crippen LogP contribution in [0.1, 0.15) is 33.1 Å². The molecule has 1 fully saturated rings. The lowest BCUT2D eigenvalue weighted by molar-refractivity contribution is 0.329. The van der Waals surface area contributed by atoms with E-state index in [1.807, 2.05) is 13.8 Å². The molecule has 19 heavy (non-hydrogen) atoms. The first kappa shape index (κ1) is 14.6. The Kier molecular flexibility index (Phi) is 4.08. The fourth-order valence-corrected chi connectivity index (χ4v) is 5.19. The Morgan fingerprint density at radius 2 is 2.11 bits per heavy atom. The molecule has 1 aliphatic rings. The summed E-state index contributed by atoms with van der Waals surface area (Å²) in [5, 5.41) is 0.189. The lowest BCUT2D eigenvalue weighted by Crippen LogP contribution is -2.39. The number of benzene rings is 1. The fraction of sp³-hybridized carbons (Fsp3) is 0.538. The summed E-state index contributed by atoms with van der Waals surface area (Å²) < 4.78 is 27.1. The van der Waals surface area contributed by atoms with Crippen molar-refractivity contribution in [3.63, 3.8) is 0 Å². The van der Waals surface area contributed by atoms with Gasteiger partial charge in [0.25, 0.3) is 0 Å². The highest BCUT2D eigenvalue weighted by atomic mass is 35.5. The van der Waals surface area contributed by atoms with Crippen LogP contribution >= 0.6 is 11.6 Å². The number of sulfonamides is 1. The molecule has 1 aromatic carbocycles. The molecule has 2 unspecified atom stereocenters. The van der Waals surface area contributed by atoms with Gasteiger partial charge in [-0.3, -0.25) is 0 Å². The van der Waals surface area contributed by atoms with E-state index in [4.69, 9.17) is 17.3 Å². The predicted octanol–water partition coefficient (Wildman–Crippen LogP) is 2.87. The fourth-order valence-electron chi connectivity index (χ4n) is 2.71. The number of hydrogen-bond acceptors (Lipinski definition) is 3. The van der Waals surface area contributed by atoms with E-state index in [-0.39, 0.29) is 22.0 Å². The second-order valence-corrected chi connectivity index (χ2v) is 7.23. The monoisotopic (exact) mass is 302 g/mol. The minimum Gasteiger partial charge on any atom is -0.399 e. The van der Waals surface area contributed by atoms with Crippen molar-refractivity contribution in [2.75, 3.05) is 5.73 Å². The molecule has 0 amide bonds. The first-order valence-electron chi connectivity index (χ1n) is 6.46. The number of nitrogens with zero attached hydrogens (tertiary/aromatic N) is 1. The van der Waals surface area contributed by atoms with Crippen LogP contribution < -0.4 is 5.73 Å². The third-order valence-electron chi connectivity index (χ3n) is 3.69. The molecule has 0 saturated carbocycles. The molecule has 0 radical (unpaired) electrons. The molecule has 1 aromatic rings. The number of halogens is 1. The lowest BCUT2D eigenvalue weighted by Gasteiger charge is -2.27. The molecule has 0 aliphatic carbocycles. The van der Waals surface area contributed by atoms with Gasteiger partial charge in [0.1, 0.15) is 4.90 Å². The zero-order chi connectivity index (χ0) is 14.2. The zero-order valence-corrected chi connectivity index (χ0v) is 12.7. The lowest BCUT2D eigenvalue weighted by atomic mass is 10.2. The zero-order valence-electron chi connectivity index (χ0n) is 11.1. The molecule has 0 spiro atoms. The molecule has 106 valence electrons. The number of nitrogen functional groups attached to an aromatic ring is 1. The summed E-state index contributed by atoms with van der Waals surface area (Å²) in [5.41, 5.74) is 6.08. The Bertz CT molecular complexity index is 574. The van der Waals surface area contributed by atoms with Crippen molar-refractivity contribution in [2.24, 2.45) is 0 Å². The highest BCUT2D eigenvalue weighted by molar-refractivity contribution is 7.89. The highest BCUT2D eigenvalue weighted by Gasteiger charge is 2.39. The summed E-state index contributed by atoms with van der Waals surface area (Å²) in [4.78, 5) is 0.149. The van der Waals surface area contributed by atoms with Crippen molar-refractivity contribution in [3.05, 3.63) is 23.2 Å². The summed E-state index contributed by atoms with van der Waals surface area (Å²) in [6.07, 6.45) is 2.62. The third-order valence-corrected chi connectivity index (χ3v) is 6.24. The molecule has 0 aromatic heterocycles. The summed E-state index contributed by atoms with van der Waals surface area (Å²) in [6, 6.07) is 4.62. The van der Waals surface area contributed by atoms with Gasteiger partial charge in [0.15, 0.2) is 0 Å². The predicted molar refractivity (Wildman–Crippen MR) is 77.7 cm³/mol. The van der Waals surface area contributed by atoms with Crippen LogP contribution in [0.3, 0.4) is 0 Å². The van der Waals surface area contributed by atoms with E-state index in [0.29, 0.717) is 5.69 Å². The molecule has 6 heteroatoms. The van der Waals surface area contributed by atoms with Crippen molar-refractivity contribution in [3.8, 4) is 0 Å². The molecule has 4 nitrogen and oxygen atoms in total. The van der Waals surface area contributed by atoms with Crippen LogP contribution in [0, 0.1) is 0 Å². The Hall–Kier alpha value is -0.780. The highest BCUT2D eigenvalue weighted by Crippen LogP contribution is 2.35. The number of hydrogen-bond donors (Lipinski definition) is 1. The largest absolute Gasteiger partial charge is 0.399 e. The van der Waals surface area contributed by atoms with Gasteiger partial charge in [-0.2, -0.15) is 4.31 Å². The van der Waals surface area contributed by atoms with Gasteiger partial charge in [0.2, 0.25) is 10.0 Å². The number of nitrogens with two attached hydrogens (primary N) is 1. The van der Waals surface area contributed by atoms with Gasteiger partial charge < -0.3 is 5.73 Å². The maximum Gasteiger partial charge on any atom is 0.245 e.